The number of amides is 1. The van der Waals surface area contributed by atoms with E-state index in [0.29, 0.717) is 0 Å². The number of sulfone groups is 1. The van der Waals surface area contributed by atoms with Crippen LogP contribution in [-0.4, -0.2) is 37.5 Å². The molecular formula is C16H18N2O4S. The summed E-state index contributed by atoms with van der Waals surface area (Å²) in [4.78, 5) is 28.3. The molecule has 6 nitrogen and oxygen atoms in total. The minimum atomic E-state index is -3.26. The van der Waals surface area contributed by atoms with Crippen molar-refractivity contribution in [1.29, 1.82) is 0 Å². The third kappa shape index (κ3) is 3.68. The van der Waals surface area contributed by atoms with Crippen LogP contribution in [0.15, 0.2) is 52.3 Å². The van der Waals surface area contributed by atoms with E-state index in [1.165, 1.54) is 29.3 Å². The van der Waals surface area contributed by atoms with Crippen molar-refractivity contribution in [3.8, 4) is 0 Å². The second-order valence-electron chi connectivity index (χ2n) is 5.35. The second-order valence-corrected chi connectivity index (χ2v) is 7.36. The predicted octanol–water partition coefficient (Wildman–Crippen LogP) is 1.61. The summed E-state index contributed by atoms with van der Waals surface area (Å²) in [6.45, 7) is 1.81. The fraction of sp³-hybridized carbons (Fsp3) is 0.250. The van der Waals surface area contributed by atoms with E-state index in [2.05, 4.69) is 4.98 Å². The van der Waals surface area contributed by atoms with Crippen LogP contribution >= 0.6 is 0 Å². The molecule has 1 aromatic heterocycles. The molecule has 0 aliphatic rings. The zero-order valence-corrected chi connectivity index (χ0v) is 13.9. The lowest BCUT2D eigenvalue weighted by Gasteiger charge is -2.25. The zero-order chi connectivity index (χ0) is 17.2. The highest BCUT2D eigenvalue weighted by Crippen LogP contribution is 2.21. The van der Waals surface area contributed by atoms with Crippen LogP contribution in [0, 0.1) is 0 Å². The van der Waals surface area contributed by atoms with Gasteiger partial charge in [0.15, 0.2) is 9.84 Å². The normalized spacial score (nSPS) is 12.7. The molecule has 1 atom stereocenters. The number of carbonyl (C=O) groups excluding carboxylic acids is 1. The number of aromatic nitrogens is 1. The summed E-state index contributed by atoms with van der Waals surface area (Å²) in [5.74, 6) is -0.397. The van der Waals surface area contributed by atoms with Gasteiger partial charge in [-0.05, 0) is 36.8 Å². The molecule has 0 aliphatic carbocycles. The monoisotopic (exact) mass is 334 g/mol. The van der Waals surface area contributed by atoms with Gasteiger partial charge < -0.3 is 9.88 Å². The van der Waals surface area contributed by atoms with Crippen molar-refractivity contribution in [2.45, 2.75) is 17.9 Å². The SMILES string of the molecule is CC(c1ccc(S(C)(=O)=O)cc1)N(C)C(=O)c1ccc[nH]c1=O. The maximum atomic E-state index is 12.4. The van der Waals surface area contributed by atoms with Crippen LogP contribution in [0.2, 0.25) is 0 Å². The Morgan fingerprint density at radius 1 is 1.17 bits per heavy atom. The van der Waals surface area contributed by atoms with Crippen LogP contribution in [0.5, 0.6) is 0 Å². The number of H-pyrrole nitrogens is 1. The van der Waals surface area contributed by atoms with Crippen LogP contribution in [0.3, 0.4) is 0 Å². The third-order valence-electron chi connectivity index (χ3n) is 3.74. The molecule has 7 heteroatoms. The molecule has 122 valence electrons. The smallest absolute Gasteiger partial charge is 0.260 e. The van der Waals surface area contributed by atoms with Crippen LogP contribution in [0.4, 0.5) is 0 Å². The summed E-state index contributed by atoms with van der Waals surface area (Å²) < 4.78 is 23.0. The van der Waals surface area contributed by atoms with E-state index in [1.807, 2.05) is 6.92 Å². The van der Waals surface area contributed by atoms with Gasteiger partial charge in [0.2, 0.25) is 0 Å². The fourth-order valence-corrected chi connectivity index (χ4v) is 2.80. The Morgan fingerprint density at radius 2 is 1.78 bits per heavy atom. The lowest BCUT2D eigenvalue weighted by molar-refractivity contribution is 0.0740. The molecule has 1 unspecified atom stereocenters. The molecule has 0 saturated heterocycles. The second kappa shape index (κ2) is 6.37. The highest BCUT2D eigenvalue weighted by Gasteiger charge is 2.21. The van der Waals surface area contributed by atoms with Gasteiger partial charge >= 0.3 is 0 Å². The summed E-state index contributed by atoms with van der Waals surface area (Å²) >= 11 is 0. The molecule has 0 fully saturated rings. The first-order chi connectivity index (χ1) is 10.7. The molecule has 0 spiro atoms. The van der Waals surface area contributed by atoms with E-state index in [0.717, 1.165) is 11.8 Å². The minimum Gasteiger partial charge on any atom is -0.335 e. The van der Waals surface area contributed by atoms with Gasteiger partial charge in [0, 0.05) is 19.5 Å². The highest BCUT2D eigenvalue weighted by atomic mass is 32.2. The number of nitrogens with one attached hydrogen (secondary N) is 1. The third-order valence-corrected chi connectivity index (χ3v) is 4.87. The lowest BCUT2D eigenvalue weighted by atomic mass is 10.1. The van der Waals surface area contributed by atoms with Gasteiger partial charge in [0.1, 0.15) is 5.56 Å². The van der Waals surface area contributed by atoms with Crippen molar-refractivity contribution >= 4 is 15.7 Å². The van der Waals surface area contributed by atoms with E-state index >= 15 is 0 Å². The van der Waals surface area contributed by atoms with Crippen molar-refractivity contribution in [3.05, 3.63) is 64.1 Å². The summed E-state index contributed by atoms with van der Waals surface area (Å²) in [5, 5.41) is 0. The van der Waals surface area contributed by atoms with Gasteiger partial charge in [0.05, 0.1) is 10.9 Å². The van der Waals surface area contributed by atoms with Gasteiger partial charge in [-0.1, -0.05) is 12.1 Å². The van der Waals surface area contributed by atoms with Gasteiger partial charge in [-0.15, -0.1) is 0 Å². The number of hydrogen-bond donors (Lipinski definition) is 1. The average molecular weight is 334 g/mol. The van der Waals surface area contributed by atoms with Crippen molar-refractivity contribution in [2.24, 2.45) is 0 Å². The van der Waals surface area contributed by atoms with E-state index in [-0.39, 0.29) is 16.5 Å². The highest BCUT2D eigenvalue weighted by molar-refractivity contribution is 7.90. The number of benzene rings is 1. The Kier molecular flexibility index (Phi) is 4.70. The predicted molar refractivity (Wildman–Crippen MR) is 87.1 cm³/mol. The number of pyridine rings is 1. The Labute approximate surface area is 134 Å². The molecule has 1 heterocycles. The Hall–Kier alpha value is -2.41. The first kappa shape index (κ1) is 17.0. The first-order valence-corrected chi connectivity index (χ1v) is 8.86. The molecule has 0 saturated carbocycles. The number of nitrogens with zero attached hydrogens (tertiary/aromatic N) is 1. The van der Waals surface area contributed by atoms with Crippen LogP contribution in [0.25, 0.3) is 0 Å². The van der Waals surface area contributed by atoms with Crippen molar-refractivity contribution in [3.63, 3.8) is 0 Å². The van der Waals surface area contributed by atoms with Gasteiger partial charge in [-0.25, -0.2) is 8.42 Å². The molecule has 1 amide bonds. The maximum Gasteiger partial charge on any atom is 0.260 e. The summed E-state index contributed by atoms with van der Waals surface area (Å²) in [6.07, 6.45) is 2.61. The maximum absolute atomic E-state index is 12.4. The summed E-state index contributed by atoms with van der Waals surface area (Å²) in [7, 11) is -1.66. The molecule has 1 N–H and O–H groups in total. The summed E-state index contributed by atoms with van der Waals surface area (Å²) in [5.41, 5.74) is 0.402. The molecular weight excluding hydrogens is 316 g/mol. The molecule has 1 aromatic carbocycles. The first-order valence-electron chi connectivity index (χ1n) is 6.96. The Morgan fingerprint density at radius 3 is 2.30 bits per heavy atom. The van der Waals surface area contributed by atoms with Gasteiger partial charge in [-0.2, -0.15) is 0 Å². The number of aromatic amines is 1. The quantitative estimate of drug-likeness (QED) is 0.920. The van der Waals surface area contributed by atoms with Crippen molar-refractivity contribution < 1.29 is 13.2 Å². The number of hydrogen-bond acceptors (Lipinski definition) is 4. The van der Waals surface area contributed by atoms with E-state index < -0.39 is 21.3 Å². The zero-order valence-electron chi connectivity index (χ0n) is 13.1. The van der Waals surface area contributed by atoms with E-state index in [1.54, 1.807) is 25.2 Å². The molecule has 23 heavy (non-hydrogen) atoms. The molecule has 2 aromatic rings. The average Bonchev–Trinajstić information content (AvgIpc) is 2.52. The number of rotatable bonds is 4. The van der Waals surface area contributed by atoms with Crippen molar-refractivity contribution in [2.75, 3.05) is 13.3 Å². The lowest BCUT2D eigenvalue weighted by Crippen LogP contribution is -2.33. The molecule has 0 aliphatic heterocycles. The number of carbonyl (C=O) groups is 1. The minimum absolute atomic E-state index is 0.0645. The fourth-order valence-electron chi connectivity index (χ4n) is 2.17. The largest absolute Gasteiger partial charge is 0.335 e. The Balaban J connectivity index is 2.26. The van der Waals surface area contributed by atoms with Crippen LogP contribution in [0.1, 0.15) is 28.9 Å². The van der Waals surface area contributed by atoms with Crippen LogP contribution in [-0.2, 0) is 9.84 Å². The van der Waals surface area contributed by atoms with E-state index in [9.17, 15) is 18.0 Å². The molecule has 0 radical (unpaired) electrons. The van der Waals surface area contributed by atoms with Crippen LogP contribution < -0.4 is 5.56 Å². The summed E-state index contributed by atoms with van der Waals surface area (Å²) in [6, 6.07) is 9.10. The van der Waals surface area contributed by atoms with Crippen molar-refractivity contribution in [1.82, 2.24) is 9.88 Å². The Bertz CT molecular complexity index is 869. The standard InChI is InChI=1S/C16H18N2O4S/c1-11(12-6-8-13(9-7-12)23(3,21)22)18(2)16(20)14-5-4-10-17-15(14)19/h4-11H,1-3H3,(H,17,19). The molecule has 2 rings (SSSR count). The topological polar surface area (TPSA) is 87.3 Å². The van der Waals surface area contributed by atoms with Gasteiger partial charge in [-0.3, -0.25) is 9.59 Å². The molecule has 0 bridgehead atoms. The van der Waals surface area contributed by atoms with Gasteiger partial charge in [0.25, 0.3) is 11.5 Å². The van der Waals surface area contributed by atoms with E-state index in [4.69, 9.17) is 0 Å².